The van der Waals surface area contributed by atoms with E-state index in [1.165, 1.54) is 14.2 Å². The van der Waals surface area contributed by atoms with Crippen molar-refractivity contribution in [3.05, 3.63) is 0 Å². The van der Waals surface area contributed by atoms with Crippen molar-refractivity contribution in [2.45, 2.75) is 119 Å². The minimum atomic E-state index is -0.778. The second-order valence-electron chi connectivity index (χ2n) is 11.5. The van der Waals surface area contributed by atoms with Crippen molar-refractivity contribution in [2.75, 3.05) is 40.4 Å². The van der Waals surface area contributed by atoms with E-state index < -0.39 is 23.3 Å². The molecule has 1 unspecified atom stereocenters. The molecule has 0 bridgehead atoms. The van der Waals surface area contributed by atoms with E-state index in [1.54, 1.807) is 9.80 Å². The third-order valence-corrected chi connectivity index (χ3v) is 5.95. The number of hydrogen-bond acceptors (Lipinski definition) is 9. The number of rotatable bonds is 6. The number of amides is 2. The summed E-state index contributed by atoms with van der Waals surface area (Å²) in [7, 11) is 2.68. The van der Waals surface area contributed by atoms with E-state index in [0.29, 0.717) is 44.9 Å². The van der Waals surface area contributed by atoms with Crippen LogP contribution in [0.15, 0.2) is 0 Å². The Balaban J connectivity index is 0. The molecule has 0 aromatic heterocycles. The van der Waals surface area contributed by atoms with Gasteiger partial charge in [0.25, 0.3) is 0 Å². The third-order valence-electron chi connectivity index (χ3n) is 5.95. The fourth-order valence-electron chi connectivity index (χ4n) is 4.00. The molecule has 2 amide bonds. The Bertz CT molecular complexity index is 775. The fourth-order valence-corrected chi connectivity index (χ4v) is 4.00. The summed E-state index contributed by atoms with van der Waals surface area (Å²) in [6.45, 7) is 21.3. The largest absolute Gasteiger partial charge is 0.469 e. The zero-order valence-corrected chi connectivity index (χ0v) is 27.7. The number of nitrogens with zero attached hydrogens (tertiary/aromatic N) is 2. The summed E-state index contributed by atoms with van der Waals surface area (Å²) in [5, 5.41) is 9.90. The second kappa shape index (κ2) is 20.3. The predicted molar refractivity (Wildman–Crippen MR) is 158 cm³/mol. The van der Waals surface area contributed by atoms with Crippen LogP contribution in [-0.2, 0) is 28.5 Å². The van der Waals surface area contributed by atoms with Crippen molar-refractivity contribution in [3.63, 3.8) is 0 Å². The number of aliphatic hydroxyl groups is 1. The maximum atomic E-state index is 11.8. The van der Waals surface area contributed by atoms with Crippen molar-refractivity contribution in [1.82, 2.24) is 9.80 Å². The van der Waals surface area contributed by atoms with Gasteiger partial charge in [0.15, 0.2) is 0 Å². The highest BCUT2D eigenvalue weighted by atomic mass is 16.6. The Labute approximate surface area is 248 Å². The second-order valence-corrected chi connectivity index (χ2v) is 11.5. The molecule has 0 spiro atoms. The molecule has 3 atom stereocenters. The highest BCUT2D eigenvalue weighted by Crippen LogP contribution is 2.24. The summed E-state index contributed by atoms with van der Waals surface area (Å²) in [6.07, 6.45) is 1.33. The topological polar surface area (TPSA) is 132 Å². The van der Waals surface area contributed by atoms with Crippen LogP contribution in [0, 0.1) is 11.8 Å². The van der Waals surface area contributed by atoms with Gasteiger partial charge in [-0.15, -0.1) is 0 Å². The van der Waals surface area contributed by atoms with Crippen LogP contribution in [0.2, 0.25) is 0 Å². The van der Waals surface area contributed by atoms with Crippen LogP contribution < -0.4 is 0 Å². The number of carbonyl (C=O) groups is 4. The fraction of sp³-hybridized carbons (Fsp3) is 0.867. The van der Waals surface area contributed by atoms with Crippen LogP contribution in [0.1, 0.15) is 101 Å². The summed E-state index contributed by atoms with van der Waals surface area (Å²) in [6, 6.07) is 0. The molecule has 0 saturated carbocycles. The van der Waals surface area contributed by atoms with E-state index >= 15 is 0 Å². The highest BCUT2D eigenvalue weighted by molar-refractivity contribution is 5.70. The van der Waals surface area contributed by atoms with Gasteiger partial charge in [-0.1, -0.05) is 27.7 Å². The molecule has 0 aromatic carbocycles. The van der Waals surface area contributed by atoms with E-state index in [2.05, 4.69) is 9.47 Å². The van der Waals surface area contributed by atoms with Gasteiger partial charge in [-0.2, -0.15) is 0 Å². The summed E-state index contributed by atoms with van der Waals surface area (Å²) in [5.41, 5.74) is -0.985. The molecule has 2 aliphatic heterocycles. The molecule has 11 heteroatoms. The molecular weight excluding hydrogens is 532 g/mol. The maximum absolute atomic E-state index is 11.8. The highest BCUT2D eigenvalue weighted by Gasteiger charge is 2.34. The molecule has 2 saturated heterocycles. The Morgan fingerprint density at radius 1 is 0.756 bits per heavy atom. The van der Waals surface area contributed by atoms with Crippen molar-refractivity contribution in [3.8, 4) is 0 Å². The van der Waals surface area contributed by atoms with E-state index in [-0.39, 0.29) is 30.5 Å². The molecule has 0 aliphatic carbocycles. The van der Waals surface area contributed by atoms with Gasteiger partial charge < -0.3 is 33.9 Å². The van der Waals surface area contributed by atoms with Crippen LogP contribution in [0.5, 0.6) is 0 Å². The number of hydrogen-bond donors (Lipinski definition) is 1. The van der Waals surface area contributed by atoms with E-state index in [0.717, 1.165) is 12.8 Å². The van der Waals surface area contributed by atoms with Gasteiger partial charge in [-0.05, 0) is 66.7 Å². The predicted octanol–water partition coefficient (Wildman–Crippen LogP) is 5.42. The summed E-state index contributed by atoms with van der Waals surface area (Å²) in [4.78, 5) is 49.1. The van der Waals surface area contributed by atoms with Crippen LogP contribution >= 0.6 is 0 Å². The number of aliphatic hydroxyl groups excluding tert-OH is 1. The van der Waals surface area contributed by atoms with Crippen LogP contribution in [0.25, 0.3) is 0 Å². The SMILES string of the molecule is CC.CC.COC(=O)CC(O)[C@H]1CCN(C(=O)OC(C)(C)C)C1.COC(=O)CC[C@H]1CCN(C(=O)OC(C)(C)C)C1. The number of methoxy groups -OCH3 is 2. The van der Waals surface area contributed by atoms with Crippen LogP contribution in [0.3, 0.4) is 0 Å². The Hall–Kier alpha value is -2.56. The lowest BCUT2D eigenvalue weighted by Crippen LogP contribution is -2.36. The van der Waals surface area contributed by atoms with Gasteiger partial charge in [0.2, 0.25) is 0 Å². The standard InChI is InChI=1S/C13H23NO5.C13H23NO4.2C2H6/c1-13(2,3)19-12(17)14-6-5-9(8-14)10(15)7-11(16)18-4;1-13(2,3)18-12(16)14-8-7-10(9-14)5-6-11(15)17-4;2*1-2/h9-10,15H,5-8H2,1-4H3;10H,5-9H2,1-4H3;2*1-2H3/t9-,10?;10-;;/m00../s1. The lowest BCUT2D eigenvalue weighted by molar-refractivity contribution is -0.143. The summed E-state index contributed by atoms with van der Waals surface area (Å²) in [5.74, 6) is -0.364. The van der Waals surface area contributed by atoms with Gasteiger partial charge >= 0.3 is 24.1 Å². The Morgan fingerprint density at radius 3 is 1.63 bits per heavy atom. The van der Waals surface area contributed by atoms with Crippen molar-refractivity contribution < 1.29 is 43.2 Å². The first-order valence-electron chi connectivity index (χ1n) is 14.8. The first-order valence-corrected chi connectivity index (χ1v) is 14.8. The minimum absolute atomic E-state index is 0.0384. The van der Waals surface area contributed by atoms with Crippen molar-refractivity contribution in [2.24, 2.45) is 11.8 Å². The molecule has 2 rings (SSSR count). The van der Waals surface area contributed by atoms with Crippen molar-refractivity contribution in [1.29, 1.82) is 0 Å². The van der Waals surface area contributed by atoms with Gasteiger partial charge in [-0.25, -0.2) is 9.59 Å². The Kier molecular flexibility index (Phi) is 20.1. The average molecular weight is 591 g/mol. The smallest absolute Gasteiger partial charge is 0.410 e. The molecular formula is C30H58N2O9. The normalized spacial score (nSPS) is 18.8. The lowest BCUT2D eigenvalue weighted by Gasteiger charge is -2.24. The monoisotopic (exact) mass is 590 g/mol. The van der Waals surface area contributed by atoms with Gasteiger partial charge in [0, 0.05) is 38.5 Å². The Morgan fingerprint density at radius 2 is 1.20 bits per heavy atom. The molecule has 1 N–H and O–H groups in total. The molecule has 242 valence electrons. The van der Waals surface area contributed by atoms with Gasteiger partial charge in [-0.3, -0.25) is 9.59 Å². The van der Waals surface area contributed by atoms with Crippen molar-refractivity contribution >= 4 is 24.1 Å². The number of ether oxygens (including phenoxy) is 4. The van der Waals surface area contributed by atoms with E-state index in [4.69, 9.17) is 9.47 Å². The first-order chi connectivity index (χ1) is 19.0. The van der Waals surface area contributed by atoms with E-state index in [1.807, 2.05) is 69.2 Å². The zero-order valence-electron chi connectivity index (χ0n) is 27.7. The molecule has 2 aliphatic rings. The third kappa shape index (κ3) is 18.5. The molecule has 11 nitrogen and oxygen atoms in total. The van der Waals surface area contributed by atoms with E-state index in [9.17, 15) is 24.3 Å². The summed E-state index contributed by atoms with van der Waals surface area (Å²) < 4.78 is 19.7. The van der Waals surface area contributed by atoms with Crippen LogP contribution in [0.4, 0.5) is 9.59 Å². The molecule has 2 heterocycles. The number of likely N-dealkylation sites (tertiary alicyclic amines) is 2. The number of esters is 2. The first kappa shape index (κ1) is 40.6. The van der Waals surface area contributed by atoms with Crippen LogP contribution in [-0.4, -0.2) is 96.7 Å². The molecule has 0 radical (unpaired) electrons. The zero-order chi connectivity index (χ0) is 32.4. The minimum Gasteiger partial charge on any atom is -0.469 e. The molecule has 0 aromatic rings. The maximum Gasteiger partial charge on any atom is 0.410 e. The number of carbonyl (C=O) groups excluding carboxylic acids is 4. The van der Waals surface area contributed by atoms with Gasteiger partial charge in [0.05, 0.1) is 26.7 Å². The molecule has 41 heavy (non-hydrogen) atoms. The average Bonchev–Trinajstić information content (AvgIpc) is 3.58. The lowest BCUT2D eigenvalue weighted by atomic mass is 9.99. The quantitative estimate of drug-likeness (QED) is 0.318. The molecule has 2 fully saturated rings. The summed E-state index contributed by atoms with van der Waals surface area (Å²) >= 11 is 0. The van der Waals surface area contributed by atoms with Gasteiger partial charge in [0.1, 0.15) is 11.2 Å².